The minimum atomic E-state index is -0.362. The first kappa shape index (κ1) is 9.19. The summed E-state index contributed by atoms with van der Waals surface area (Å²) in [4.78, 5) is 16.1. The van der Waals surface area contributed by atoms with Crippen LogP contribution in [-0.2, 0) is 0 Å². The summed E-state index contributed by atoms with van der Waals surface area (Å²) in [6.45, 7) is 4.45. The Labute approximate surface area is 83.1 Å². The predicted molar refractivity (Wildman–Crippen MR) is 52.5 cm³/mol. The molecular weight excluding hydrogens is 178 g/mol. The van der Waals surface area contributed by atoms with Crippen molar-refractivity contribution < 1.29 is 9.53 Å². The lowest BCUT2D eigenvalue weighted by Gasteiger charge is -2.18. The zero-order chi connectivity index (χ0) is 10.2. The van der Waals surface area contributed by atoms with E-state index in [-0.39, 0.29) is 11.2 Å². The Morgan fingerprint density at radius 2 is 2.29 bits per heavy atom. The number of carbonyl (C=O) groups excluding carboxylic acids is 1. The molecule has 2 heterocycles. The van der Waals surface area contributed by atoms with Gasteiger partial charge in [0.15, 0.2) is 5.78 Å². The Bertz CT molecular complexity index is 371. The number of fused-ring (bicyclic) bond motifs is 1. The van der Waals surface area contributed by atoms with Crippen molar-refractivity contribution in [3.63, 3.8) is 0 Å². The average molecular weight is 191 g/mol. The average Bonchev–Trinajstić information content (AvgIpc) is 2.27. The van der Waals surface area contributed by atoms with Crippen molar-refractivity contribution in [1.82, 2.24) is 4.98 Å². The maximum atomic E-state index is 12.0. The van der Waals surface area contributed by atoms with Crippen molar-refractivity contribution in [3.05, 3.63) is 24.0 Å². The third kappa shape index (κ3) is 1.39. The number of rotatable bonds is 0. The molecule has 1 aliphatic rings. The number of nitrogens with zero attached hydrogens (tertiary/aromatic N) is 1. The molecule has 0 saturated heterocycles. The second-order valence-electron chi connectivity index (χ2n) is 4.16. The van der Waals surface area contributed by atoms with Gasteiger partial charge in [-0.05, 0) is 18.6 Å². The molecule has 1 aromatic rings. The van der Waals surface area contributed by atoms with Gasteiger partial charge in [0, 0.05) is 11.6 Å². The zero-order valence-corrected chi connectivity index (χ0v) is 8.41. The fourth-order valence-corrected chi connectivity index (χ4v) is 1.53. The van der Waals surface area contributed by atoms with Crippen LogP contribution in [0, 0.1) is 5.41 Å². The standard InChI is InChI=1S/C11H13NO2/c1-11(2)5-7-14-8-4-3-6-12-9(8)10(11)13/h3-4,6H,5,7H2,1-2H3. The first-order valence-electron chi connectivity index (χ1n) is 4.74. The topological polar surface area (TPSA) is 39.2 Å². The summed E-state index contributed by atoms with van der Waals surface area (Å²) >= 11 is 0. The van der Waals surface area contributed by atoms with Crippen LogP contribution in [0.15, 0.2) is 18.3 Å². The number of ether oxygens (including phenoxy) is 1. The van der Waals surface area contributed by atoms with E-state index in [2.05, 4.69) is 4.98 Å². The van der Waals surface area contributed by atoms with Crippen molar-refractivity contribution in [2.24, 2.45) is 5.41 Å². The molecule has 3 heteroatoms. The number of pyridine rings is 1. The molecule has 0 bridgehead atoms. The van der Waals surface area contributed by atoms with E-state index >= 15 is 0 Å². The summed E-state index contributed by atoms with van der Waals surface area (Å²) in [5.41, 5.74) is 0.106. The first-order chi connectivity index (χ1) is 6.61. The Morgan fingerprint density at radius 1 is 1.50 bits per heavy atom. The third-order valence-corrected chi connectivity index (χ3v) is 2.59. The van der Waals surface area contributed by atoms with Gasteiger partial charge in [-0.3, -0.25) is 4.79 Å². The van der Waals surface area contributed by atoms with E-state index in [1.807, 2.05) is 13.8 Å². The van der Waals surface area contributed by atoms with Gasteiger partial charge in [-0.1, -0.05) is 13.8 Å². The fraction of sp³-hybridized carbons (Fsp3) is 0.455. The number of Topliss-reactive ketones (excluding diaryl/α,β-unsaturated/α-hetero) is 1. The highest BCUT2D eigenvalue weighted by Gasteiger charge is 2.33. The van der Waals surface area contributed by atoms with E-state index in [9.17, 15) is 4.79 Å². The molecule has 2 rings (SSSR count). The van der Waals surface area contributed by atoms with E-state index in [1.165, 1.54) is 0 Å². The Morgan fingerprint density at radius 3 is 3.07 bits per heavy atom. The Kier molecular flexibility index (Phi) is 2.02. The van der Waals surface area contributed by atoms with Crippen LogP contribution in [0.25, 0.3) is 0 Å². The molecule has 0 atom stereocenters. The van der Waals surface area contributed by atoms with Gasteiger partial charge in [-0.2, -0.15) is 0 Å². The molecule has 0 fully saturated rings. The Hall–Kier alpha value is -1.38. The van der Waals surface area contributed by atoms with Crippen LogP contribution >= 0.6 is 0 Å². The van der Waals surface area contributed by atoms with Gasteiger partial charge in [0.25, 0.3) is 0 Å². The van der Waals surface area contributed by atoms with E-state index in [0.717, 1.165) is 6.42 Å². The third-order valence-electron chi connectivity index (χ3n) is 2.59. The van der Waals surface area contributed by atoms with Crippen LogP contribution in [0.5, 0.6) is 5.75 Å². The van der Waals surface area contributed by atoms with E-state index in [4.69, 9.17) is 4.74 Å². The van der Waals surface area contributed by atoms with E-state index < -0.39 is 0 Å². The molecule has 14 heavy (non-hydrogen) atoms. The molecule has 0 spiro atoms. The van der Waals surface area contributed by atoms with Crippen LogP contribution in [0.1, 0.15) is 30.8 Å². The van der Waals surface area contributed by atoms with Crippen LogP contribution in [0.4, 0.5) is 0 Å². The molecular formula is C11H13NO2. The molecule has 0 unspecified atom stereocenters. The molecule has 0 aromatic carbocycles. The highest BCUT2D eigenvalue weighted by molar-refractivity contribution is 6.00. The van der Waals surface area contributed by atoms with Gasteiger partial charge >= 0.3 is 0 Å². The number of carbonyl (C=O) groups is 1. The summed E-state index contributed by atoms with van der Waals surface area (Å²) in [7, 11) is 0. The SMILES string of the molecule is CC1(C)CCOc2cccnc2C1=O. The number of ketones is 1. The largest absolute Gasteiger partial charge is 0.491 e. The van der Waals surface area contributed by atoms with E-state index in [0.29, 0.717) is 18.1 Å². The molecule has 0 radical (unpaired) electrons. The second-order valence-corrected chi connectivity index (χ2v) is 4.16. The molecule has 3 nitrogen and oxygen atoms in total. The van der Waals surface area contributed by atoms with Crippen molar-refractivity contribution in [3.8, 4) is 5.75 Å². The van der Waals surface area contributed by atoms with E-state index in [1.54, 1.807) is 18.3 Å². The number of hydrogen-bond donors (Lipinski definition) is 0. The highest BCUT2D eigenvalue weighted by Crippen LogP contribution is 2.32. The lowest BCUT2D eigenvalue weighted by Crippen LogP contribution is -2.24. The smallest absolute Gasteiger partial charge is 0.190 e. The summed E-state index contributed by atoms with van der Waals surface area (Å²) in [6.07, 6.45) is 2.36. The van der Waals surface area contributed by atoms with Gasteiger partial charge < -0.3 is 4.74 Å². The minimum Gasteiger partial charge on any atom is -0.491 e. The lowest BCUT2D eigenvalue weighted by atomic mass is 9.83. The second kappa shape index (κ2) is 3.08. The van der Waals surface area contributed by atoms with Crippen molar-refractivity contribution in [2.45, 2.75) is 20.3 Å². The summed E-state index contributed by atoms with van der Waals surface area (Å²) in [5.74, 6) is 0.689. The van der Waals surface area contributed by atoms with Gasteiger partial charge in [0.2, 0.25) is 0 Å². The lowest BCUT2D eigenvalue weighted by molar-refractivity contribution is 0.0821. The highest BCUT2D eigenvalue weighted by atomic mass is 16.5. The molecule has 1 aliphatic heterocycles. The molecule has 0 saturated carbocycles. The van der Waals surface area contributed by atoms with Crippen molar-refractivity contribution in [2.75, 3.05) is 6.61 Å². The molecule has 0 aliphatic carbocycles. The normalized spacial score (nSPS) is 19.4. The molecule has 0 amide bonds. The van der Waals surface area contributed by atoms with Crippen LogP contribution in [0.3, 0.4) is 0 Å². The van der Waals surface area contributed by atoms with Crippen molar-refractivity contribution >= 4 is 5.78 Å². The maximum absolute atomic E-state index is 12.0. The van der Waals surface area contributed by atoms with Gasteiger partial charge in [-0.25, -0.2) is 4.98 Å². The van der Waals surface area contributed by atoms with Gasteiger partial charge in [0.1, 0.15) is 11.4 Å². The van der Waals surface area contributed by atoms with Gasteiger partial charge in [0.05, 0.1) is 6.61 Å². The fourth-order valence-electron chi connectivity index (χ4n) is 1.53. The summed E-state index contributed by atoms with van der Waals surface area (Å²) < 4.78 is 5.47. The first-order valence-corrected chi connectivity index (χ1v) is 4.74. The minimum absolute atomic E-state index is 0.0746. The zero-order valence-electron chi connectivity index (χ0n) is 8.41. The quantitative estimate of drug-likeness (QED) is 0.630. The molecule has 74 valence electrons. The van der Waals surface area contributed by atoms with Crippen LogP contribution in [-0.4, -0.2) is 17.4 Å². The van der Waals surface area contributed by atoms with Crippen LogP contribution < -0.4 is 4.74 Å². The molecule has 1 aromatic heterocycles. The van der Waals surface area contributed by atoms with Crippen molar-refractivity contribution in [1.29, 1.82) is 0 Å². The monoisotopic (exact) mass is 191 g/mol. The summed E-state index contributed by atoms with van der Waals surface area (Å²) in [5, 5.41) is 0. The number of hydrogen-bond acceptors (Lipinski definition) is 3. The molecule has 0 N–H and O–H groups in total. The summed E-state index contributed by atoms with van der Waals surface area (Å²) in [6, 6.07) is 3.58. The number of aromatic nitrogens is 1. The van der Waals surface area contributed by atoms with Gasteiger partial charge in [-0.15, -0.1) is 0 Å². The van der Waals surface area contributed by atoms with Crippen LogP contribution in [0.2, 0.25) is 0 Å². The Balaban J connectivity index is 2.51. The maximum Gasteiger partial charge on any atom is 0.190 e. The predicted octanol–water partition coefficient (Wildman–Crippen LogP) is 2.07.